The molecule has 4 atom stereocenters. The summed E-state index contributed by atoms with van der Waals surface area (Å²) < 4.78 is 37.1. The maximum atomic E-state index is 14.0. The summed E-state index contributed by atoms with van der Waals surface area (Å²) in [4.78, 5) is 4.05. The van der Waals surface area contributed by atoms with Crippen molar-refractivity contribution in [3.8, 4) is 6.07 Å². The number of benzene rings is 1. The molecule has 3 unspecified atom stereocenters. The summed E-state index contributed by atoms with van der Waals surface area (Å²) in [6.45, 7) is 2.16. The van der Waals surface area contributed by atoms with Gasteiger partial charge in [0.1, 0.15) is 21.7 Å². The van der Waals surface area contributed by atoms with Crippen LogP contribution in [0.4, 0.5) is 10.1 Å². The van der Waals surface area contributed by atoms with Gasteiger partial charge in [0.25, 0.3) is 0 Å². The lowest BCUT2D eigenvalue weighted by atomic mass is 9.91. The minimum absolute atomic E-state index is 0.0203. The van der Waals surface area contributed by atoms with Crippen LogP contribution in [0.25, 0.3) is 0 Å². The van der Waals surface area contributed by atoms with Gasteiger partial charge >= 0.3 is 0 Å². The van der Waals surface area contributed by atoms with Gasteiger partial charge in [-0.2, -0.15) is 9.65 Å². The number of pyridine rings is 1. The number of hydrogen-bond acceptors (Lipinski definition) is 6. The van der Waals surface area contributed by atoms with Gasteiger partial charge in [-0.05, 0) is 48.8 Å². The van der Waals surface area contributed by atoms with E-state index in [2.05, 4.69) is 38.4 Å². The first kappa shape index (κ1) is 25.8. The number of halogens is 1. The fraction of sp³-hybridized carbons (Fsp3) is 0.385. The molecule has 0 aliphatic carbocycles. The zero-order chi connectivity index (χ0) is 25.9. The molecule has 0 fully saturated rings. The van der Waals surface area contributed by atoms with Crippen LogP contribution < -0.4 is 10.0 Å². The minimum atomic E-state index is -2.92. The van der Waals surface area contributed by atoms with Crippen molar-refractivity contribution in [2.24, 2.45) is 17.3 Å². The third-order valence-electron chi connectivity index (χ3n) is 6.76. The van der Waals surface area contributed by atoms with Gasteiger partial charge in [0.15, 0.2) is 6.23 Å². The number of hydrogen-bond donors (Lipinski definition) is 3. The molecule has 1 aliphatic heterocycles. The monoisotopic (exact) mass is 510 g/mol. The predicted molar refractivity (Wildman–Crippen MR) is 137 cm³/mol. The first-order valence-electron chi connectivity index (χ1n) is 11.9. The number of aliphatic hydroxyl groups excluding tert-OH is 1. The molecule has 0 bridgehead atoms. The normalized spacial score (nSPS) is 21.1. The van der Waals surface area contributed by atoms with E-state index in [4.69, 9.17) is 5.26 Å². The van der Waals surface area contributed by atoms with Crippen LogP contribution in [0, 0.1) is 23.2 Å². The number of aryl methyl sites for hydroxylation is 2. The number of fused-ring (bicyclic) bond motifs is 1. The Morgan fingerprint density at radius 2 is 2.14 bits per heavy atom. The van der Waals surface area contributed by atoms with Gasteiger partial charge in [-0.3, -0.25) is 0 Å². The van der Waals surface area contributed by atoms with Crippen LogP contribution >= 0.6 is 0 Å². The molecule has 0 spiro atoms. The third-order valence-corrected chi connectivity index (χ3v) is 8.84. The summed E-state index contributed by atoms with van der Waals surface area (Å²) >= 11 is 0. The molecule has 8 nitrogen and oxygen atoms in total. The molecular weight excluding hydrogens is 479 g/mol. The topological polar surface area (TPSA) is 115 Å². The second kappa shape index (κ2) is 10.8. The highest BCUT2D eigenvalue weighted by Gasteiger charge is 2.33. The summed E-state index contributed by atoms with van der Waals surface area (Å²) in [7, 11) is 0.380. The largest absolute Gasteiger partial charge is 0.368 e. The van der Waals surface area contributed by atoms with Crippen LogP contribution in [0.2, 0.25) is 0 Å². The second-order valence-electron chi connectivity index (χ2n) is 9.16. The molecule has 36 heavy (non-hydrogen) atoms. The molecule has 1 aromatic carbocycles. The van der Waals surface area contributed by atoms with Crippen LogP contribution in [0.1, 0.15) is 48.5 Å². The van der Waals surface area contributed by atoms with Crippen molar-refractivity contribution in [1.82, 2.24) is 14.3 Å². The Labute approximate surface area is 211 Å². The van der Waals surface area contributed by atoms with Crippen molar-refractivity contribution in [2.75, 3.05) is 12.4 Å². The zero-order valence-electron chi connectivity index (χ0n) is 20.6. The van der Waals surface area contributed by atoms with Gasteiger partial charge in [0.2, 0.25) is 5.95 Å². The summed E-state index contributed by atoms with van der Waals surface area (Å²) in [6.07, 6.45) is 3.70. The van der Waals surface area contributed by atoms with E-state index in [1.807, 2.05) is 18.2 Å². The molecule has 2 aromatic heterocycles. The van der Waals surface area contributed by atoms with Gasteiger partial charge in [-0.25, -0.2) is 18.3 Å². The highest BCUT2D eigenvalue weighted by Crippen LogP contribution is 2.34. The van der Waals surface area contributed by atoms with Gasteiger partial charge in [-0.15, -0.1) is 0 Å². The van der Waals surface area contributed by atoms with E-state index in [1.54, 1.807) is 30.9 Å². The lowest BCUT2D eigenvalue weighted by Crippen LogP contribution is -2.38. The SMILES string of the molecule is CN=S1(=O)N[C@@H](C(C)CCc2ccccc2)CCc2c1cn(C)c2C(O)Nc1cc(F)nc(C#N)c1. The molecule has 190 valence electrons. The quantitative estimate of drug-likeness (QED) is 0.327. The molecule has 0 amide bonds. The molecule has 0 saturated carbocycles. The minimum Gasteiger partial charge on any atom is -0.368 e. The molecule has 3 aromatic rings. The number of anilines is 1. The maximum absolute atomic E-state index is 14.0. The number of aromatic nitrogens is 2. The van der Waals surface area contributed by atoms with E-state index >= 15 is 0 Å². The van der Waals surface area contributed by atoms with Crippen LogP contribution in [-0.2, 0) is 29.8 Å². The van der Waals surface area contributed by atoms with Crippen molar-refractivity contribution in [2.45, 2.75) is 49.8 Å². The fourth-order valence-corrected chi connectivity index (χ4v) is 6.82. The highest BCUT2D eigenvalue weighted by atomic mass is 32.2. The third kappa shape index (κ3) is 5.43. The summed E-state index contributed by atoms with van der Waals surface area (Å²) in [5, 5.41) is 23.0. The highest BCUT2D eigenvalue weighted by molar-refractivity contribution is 7.91. The Kier molecular flexibility index (Phi) is 7.73. The molecular formula is C26H31FN6O2S. The lowest BCUT2D eigenvalue weighted by molar-refractivity contribution is 0.198. The van der Waals surface area contributed by atoms with Crippen LogP contribution in [-0.4, -0.2) is 32.0 Å². The number of nitrogens with one attached hydrogen (secondary N) is 2. The smallest absolute Gasteiger partial charge is 0.216 e. The number of aliphatic hydroxyl groups is 1. The number of nitrogens with zero attached hydrogens (tertiary/aromatic N) is 4. The average molecular weight is 511 g/mol. The van der Waals surface area contributed by atoms with Crippen molar-refractivity contribution < 1.29 is 13.7 Å². The van der Waals surface area contributed by atoms with Crippen LogP contribution in [0.5, 0.6) is 0 Å². The molecule has 0 radical (unpaired) electrons. The maximum Gasteiger partial charge on any atom is 0.216 e. The van der Waals surface area contributed by atoms with Gasteiger partial charge in [0.05, 0.1) is 10.6 Å². The molecule has 3 heterocycles. The fourth-order valence-electron chi connectivity index (χ4n) is 4.79. The first-order chi connectivity index (χ1) is 17.2. The molecule has 1 aliphatic rings. The van der Waals surface area contributed by atoms with E-state index in [-0.39, 0.29) is 23.3 Å². The Morgan fingerprint density at radius 3 is 2.83 bits per heavy atom. The first-order valence-corrected chi connectivity index (χ1v) is 13.4. The van der Waals surface area contributed by atoms with E-state index in [9.17, 15) is 13.7 Å². The second-order valence-corrected chi connectivity index (χ2v) is 11.3. The van der Waals surface area contributed by atoms with E-state index in [1.165, 1.54) is 11.6 Å². The van der Waals surface area contributed by atoms with Crippen molar-refractivity contribution in [1.29, 1.82) is 5.26 Å². The number of nitriles is 1. The van der Waals surface area contributed by atoms with Gasteiger partial charge in [0, 0.05) is 38.1 Å². The van der Waals surface area contributed by atoms with Crippen molar-refractivity contribution in [3.63, 3.8) is 0 Å². The summed E-state index contributed by atoms with van der Waals surface area (Å²) in [6, 6.07) is 14.6. The standard InChI is InChI=1S/C26H31FN6O2S/c1-17(9-10-18-7-5-4-6-8-18)22-12-11-21-23(36(35,29-2)32-22)16-33(3)25(21)26(34)31-19-13-20(15-28)30-24(27)14-19/h4-8,13-14,16-17,22,26,34H,9-12H2,1-3H3,(H,30,31)(H,29,32,35)/t17?,22-,26?,36?/m1/s1. The Balaban J connectivity index is 1.58. The molecule has 4 rings (SSSR count). The van der Waals surface area contributed by atoms with Crippen molar-refractivity contribution in [3.05, 3.63) is 77.1 Å². The van der Waals surface area contributed by atoms with Crippen molar-refractivity contribution >= 4 is 15.6 Å². The zero-order valence-corrected chi connectivity index (χ0v) is 21.4. The van der Waals surface area contributed by atoms with Gasteiger partial charge in [-0.1, -0.05) is 37.3 Å². The summed E-state index contributed by atoms with van der Waals surface area (Å²) in [5.74, 6) is -0.569. The van der Waals surface area contributed by atoms with E-state index in [0.29, 0.717) is 17.0 Å². The Morgan fingerprint density at radius 1 is 1.39 bits per heavy atom. The molecule has 0 saturated heterocycles. The average Bonchev–Trinajstić information content (AvgIpc) is 3.14. The Hall–Kier alpha value is -3.26. The number of rotatable bonds is 7. The summed E-state index contributed by atoms with van der Waals surface area (Å²) in [5.41, 5.74) is 2.68. The van der Waals surface area contributed by atoms with Crippen LogP contribution in [0.3, 0.4) is 0 Å². The lowest BCUT2D eigenvalue weighted by Gasteiger charge is -2.25. The van der Waals surface area contributed by atoms with Gasteiger partial charge < -0.3 is 15.0 Å². The van der Waals surface area contributed by atoms with E-state index < -0.39 is 22.1 Å². The predicted octanol–water partition coefficient (Wildman–Crippen LogP) is 4.08. The molecule has 10 heteroatoms. The Bertz CT molecular complexity index is 1390. The van der Waals surface area contributed by atoms with Crippen LogP contribution in [0.15, 0.2) is 57.9 Å². The van der Waals surface area contributed by atoms with E-state index in [0.717, 1.165) is 30.9 Å². The molecule has 3 N–H and O–H groups in total.